The third-order valence-electron chi connectivity index (χ3n) is 2.54. The van der Waals surface area contributed by atoms with Gasteiger partial charge in [-0.25, -0.2) is 4.79 Å². The molecule has 1 atom stereocenters. The molecule has 1 rings (SSSR count). The molecule has 1 aromatic rings. The second-order valence-corrected chi connectivity index (χ2v) is 4.03. The van der Waals surface area contributed by atoms with Crippen LogP contribution in [0.4, 0.5) is 0 Å². The summed E-state index contributed by atoms with van der Waals surface area (Å²) < 4.78 is 4.60. The number of carbonyl (C=O) groups is 3. The van der Waals surface area contributed by atoms with Gasteiger partial charge in [-0.1, -0.05) is 13.0 Å². The van der Waals surface area contributed by atoms with Crippen molar-refractivity contribution in [2.75, 3.05) is 6.61 Å². The van der Waals surface area contributed by atoms with Gasteiger partial charge in [-0.3, -0.25) is 14.6 Å². The van der Waals surface area contributed by atoms with Crippen LogP contribution in [0, 0.1) is 0 Å². The Morgan fingerprint density at radius 1 is 1.45 bits per heavy atom. The van der Waals surface area contributed by atoms with E-state index in [2.05, 4.69) is 15.0 Å². The third-order valence-corrected chi connectivity index (χ3v) is 2.54. The SMILES string of the molecule is CCc1cccnc1C(=O)N[C@@H](COC(C)=O)C(=O)O. The molecular formula is C13H16N2O5. The van der Waals surface area contributed by atoms with Gasteiger partial charge in [0.2, 0.25) is 0 Å². The molecule has 108 valence electrons. The average Bonchev–Trinajstić information content (AvgIpc) is 2.42. The standard InChI is InChI=1S/C13H16N2O5/c1-3-9-5-4-6-14-11(9)12(17)15-10(13(18)19)7-20-8(2)16/h4-6,10H,3,7H2,1-2H3,(H,15,17)(H,18,19)/t10-/m0/s1. The summed E-state index contributed by atoms with van der Waals surface area (Å²) in [4.78, 5) is 37.6. The molecule has 0 unspecified atom stereocenters. The highest BCUT2D eigenvalue weighted by Crippen LogP contribution is 2.06. The molecule has 0 aliphatic heterocycles. The number of aryl methyl sites for hydroxylation is 1. The second kappa shape index (κ2) is 7.22. The highest BCUT2D eigenvalue weighted by molar-refractivity contribution is 5.96. The Morgan fingerprint density at radius 3 is 2.70 bits per heavy atom. The van der Waals surface area contributed by atoms with Gasteiger partial charge in [0.25, 0.3) is 5.91 Å². The summed E-state index contributed by atoms with van der Waals surface area (Å²) in [6, 6.07) is 2.13. The number of aromatic nitrogens is 1. The van der Waals surface area contributed by atoms with Crippen LogP contribution in [0.15, 0.2) is 18.3 Å². The molecule has 0 aliphatic carbocycles. The lowest BCUT2D eigenvalue weighted by atomic mass is 10.1. The van der Waals surface area contributed by atoms with Crippen LogP contribution in [-0.4, -0.2) is 40.6 Å². The van der Waals surface area contributed by atoms with Gasteiger partial charge in [0.1, 0.15) is 12.3 Å². The molecule has 0 fully saturated rings. The van der Waals surface area contributed by atoms with E-state index >= 15 is 0 Å². The number of esters is 1. The quantitative estimate of drug-likeness (QED) is 0.730. The first-order valence-electron chi connectivity index (χ1n) is 6.06. The smallest absolute Gasteiger partial charge is 0.329 e. The molecule has 0 bridgehead atoms. The summed E-state index contributed by atoms with van der Waals surface area (Å²) >= 11 is 0. The number of ether oxygens (including phenoxy) is 1. The molecule has 1 amide bonds. The first kappa shape index (κ1) is 15.6. The van der Waals surface area contributed by atoms with Gasteiger partial charge in [-0.2, -0.15) is 0 Å². The van der Waals surface area contributed by atoms with E-state index in [1.807, 2.05) is 6.92 Å². The maximum Gasteiger partial charge on any atom is 0.329 e. The fourth-order valence-electron chi connectivity index (χ4n) is 1.53. The molecule has 20 heavy (non-hydrogen) atoms. The number of nitrogens with zero attached hydrogens (tertiary/aromatic N) is 1. The minimum atomic E-state index is -1.31. The van der Waals surface area contributed by atoms with E-state index in [9.17, 15) is 14.4 Å². The first-order valence-corrected chi connectivity index (χ1v) is 6.06. The lowest BCUT2D eigenvalue weighted by molar-refractivity contribution is -0.146. The zero-order valence-corrected chi connectivity index (χ0v) is 11.3. The normalized spacial score (nSPS) is 11.5. The summed E-state index contributed by atoms with van der Waals surface area (Å²) in [5.74, 6) is -2.51. The summed E-state index contributed by atoms with van der Waals surface area (Å²) in [5.41, 5.74) is 0.880. The Kier molecular flexibility index (Phi) is 5.64. The molecule has 0 saturated carbocycles. The number of hydrogen-bond donors (Lipinski definition) is 2. The summed E-state index contributed by atoms with van der Waals surface area (Å²) in [7, 11) is 0. The van der Waals surface area contributed by atoms with Crippen LogP contribution in [-0.2, 0) is 20.7 Å². The fraction of sp³-hybridized carbons (Fsp3) is 0.385. The van der Waals surface area contributed by atoms with Gasteiger partial charge in [-0.05, 0) is 18.1 Å². The largest absolute Gasteiger partial charge is 0.480 e. The number of nitrogens with one attached hydrogen (secondary N) is 1. The van der Waals surface area contributed by atoms with Crippen LogP contribution in [0.5, 0.6) is 0 Å². The van der Waals surface area contributed by atoms with Crippen LogP contribution >= 0.6 is 0 Å². The van der Waals surface area contributed by atoms with Crippen LogP contribution in [0.2, 0.25) is 0 Å². The Hall–Kier alpha value is -2.44. The van der Waals surface area contributed by atoms with E-state index < -0.39 is 30.5 Å². The van der Waals surface area contributed by atoms with E-state index in [1.54, 1.807) is 12.1 Å². The van der Waals surface area contributed by atoms with E-state index in [-0.39, 0.29) is 5.69 Å². The van der Waals surface area contributed by atoms with E-state index in [1.165, 1.54) is 6.20 Å². The van der Waals surface area contributed by atoms with Crippen molar-refractivity contribution in [1.82, 2.24) is 10.3 Å². The van der Waals surface area contributed by atoms with Crippen molar-refractivity contribution in [2.24, 2.45) is 0 Å². The molecule has 2 N–H and O–H groups in total. The third kappa shape index (κ3) is 4.34. The van der Waals surface area contributed by atoms with Crippen molar-refractivity contribution in [3.63, 3.8) is 0 Å². The van der Waals surface area contributed by atoms with Gasteiger partial charge in [0, 0.05) is 13.1 Å². The summed E-state index contributed by atoms with van der Waals surface area (Å²) in [6.07, 6.45) is 2.05. The zero-order chi connectivity index (χ0) is 15.1. The molecular weight excluding hydrogens is 264 g/mol. The minimum Gasteiger partial charge on any atom is -0.480 e. The maximum absolute atomic E-state index is 12.0. The molecule has 0 spiro atoms. The predicted molar refractivity (Wildman–Crippen MR) is 69.1 cm³/mol. The summed E-state index contributed by atoms with van der Waals surface area (Å²) in [6.45, 7) is 2.60. The second-order valence-electron chi connectivity index (χ2n) is 4.03. The predicted octanol–water partition coefficient (Wildman–Crippen LogP) is 0.390. The van der Waals surface area contributed by atoms with Gasteiger partial charge >= 0.3 is 11.9 Å². The molecule has 1 aromatic heterocycles. The number of pyridine rings is 1. The van der Waals surface area contributed by atoms with Crippen molar-refractivity contribution in [1.29, 1.82) is 0 Å². The van der Waals surface area contributed by atoms with Crippen molar-refractivity contribution >= 4 is 17.8 Å². The molecule has 0 radical (unpaired) electrons. The van der Waals surface area contributed by atoms with Crippen LogP contribution in [0.3, 0.4) is 0 Å². The molecule has 7 heteroatoms. The topological polar surface area (TPSA) is 106 Å². The van der Waals surface area contributed by atoms with Crippen LogP contribution < -0.4 is 5.32 Å². The Bertz CT molecular complexity index is 515. The van der Waals surface area contributed by atoms with Gasteiger partial charge < -0.3 is 15.2 Å². The van der Waals surface area contributed by atoms with E-state index in [0.717, 1.165) is 6.92 Å². The van der Waals surface area contributed by atoms with Crippen molar-refractivity contribution in [2.45, 2.75) is 26.3 Å². The highest BCUT2D eigenvalue weighted by atomic mass is 16.5. The van der Waals surface area contributed by atoms with Gasteiger partial charge in [0.15, 0.2) is 6.04 Å². The maximum atomic E-state index is 12.0. The fourth-order valence-corrected chi connectivity index (χ4v) is 1.53. The van der Waals surface area contributed by atoms with Crippen molar-refractivity contribution in [3.8, 4) is 0 Å². The molecule has 0 aromatic carbocycles. The Balaban J connectivity index is 2.80. The number of hydrogen-bond acceptors (Lipinski definition) is 5. The van der Waals surface area contributed by atoms with Gasteiger partial charge in [0.05, 0.1) is 0 Å². The van der Waals surface area contributed by atoms with Crippen LogP contribution in [0.1, 0.15) is 29.9 Å². The number of carboxylic acid groups (broad SMARTS) is 1. The number of aliphatic carboxylic acids is 1. The Morgan fingerprint density at radius 2 is 2.15 bits per heavy atom. The lowest BCUT2D eigenvalue weighted by Crippen LogP contribution is -2.44. The monoisotopic (exact) mass is 280 g/mol. The number of carboxylic acids is 1. The highest BCUT2D eigenvalue weighted by Gasteiger charge is 2.23. The molecule has 7 nitrogen and oxygen atoms in total. The summed E-state index contributed by atoms with van der Waals surface area (Å²) in [5, 5.41) is 11.3. The minimum absolute atomic E-state index is 0.170. The lowest BCUT2D eigenvalue weighted by Gasteiger charge is -2.14. The first-order chi connectivity index (χ1) is 9.45. The molecule has 0 aliphatic rings. The number of rotatable bonds is 6. The molecule has 0 saturated heterocycles. The Labute approximate surface area is 116 Å². The average molecular weight is 280 g/mol. The molecule has 1 heterocycles. The van der Waals surface area contributed by atoms with Crippen molar-refractivity contribution < 1.29 is 24.2 Å². The van der Waals surface area contributed by atoms with Crippen LogP contribution in [0.25, 0.3) is 0 Å². The number of amides is 1. The van der Waals surface area contributed by atoms with E-state index in [4.69, 9.17) is 5.11 Å². The van der Waals surface area contributed by atoms with E-state index in [0.29, 0.717) is 12.0 Å². The number of carbonyl (C=O) groups excluding carboxylic acids is 2. The zero-order valence-electron chi connectivity index (χ0n) is 11.3. The van der Waals surface area contributed by atoms with Gasteiger partial charge in [-0.15, -0.1) is 0 Å². The van der Waals surface area contributed by atoms with Crippen molar-refractivity contribution in [3.05, 3.63) is 29.6 Å².